The van der Waals surface area contributed by atoms with Gasteiger partial charge in [-0.1, -0.05) is 24.5 Å². The number of rotatable bonds is 1. The second-order valence-electron chi connectivity index (χ2n) is 1.14. The number of allylic oxidation sites excluding steroid dienone is 2. The molecule has 0 spiro atoms. The summed E-state index contributed by atoms with van der Waals surface area (Å²) in [6.45, 7) is 4.53. The maximum atomic E-state index is 9.00. The van der Waals surface area contributed by atoms with Gasteiger partial charge in [-0.15, -0.1) is 9.24 Å². The van der Waals surface area contributed by atoms with Crippen LogP contribution >= 0.6 is 9.24 Å². The molecular formula is C6H11O2P. The first-order valence-electron chi connectivity index (χ1n) is 2.34. The highest BCUT2D eigenvalue weighted by Gasteiger charge is 1.65. The van der Waals surface area contributed by atoms with Crippen molar-refractivity contribution >= 4 is 15.2 Å². The van der Waals surface area contributed by atoms with Crippen molar-refractivity contribution in [2.24, 2.45) is 0 Å². The minimum Gasteiger partial charge on any atom is -0.481 e. The van der Waals surface area contributed by atoms with Crippen LogP contribution in [0, 0.1) is 0 Å². The van der Waals surface area contributed by atoms with Crippen LogP contribution in [0.1, 0.15) is 6.92 Å². The smallest absolute Gasteiger partial charge is 0.300 e. The maximum absolute atomic E-state index is 9.00. The molecule has 0 aliphatic carbocycles. The molecule has 0 saturated heterocycles. The monoisotopic (exact) mass is 146 g/mol. The van der Waals surface area contributed by atoms with Gasteiger partial charge in [0.05, 0.1) is 0 Å². The standard InChI is InChI=1S/C4H7P.C2H4O2/c1-2-3-4-5;1-2(3)4/h2-4H,1,5H2;1H3,(H,3,4). The SMILES string of the molecule is C=CC=CP.CC(=O)O. The molecule has 1 atom stereocenters. The highest BCUT2D eigenvalue weighted by molar-refractivity contribution is 7.20. The molecule has 52 valence electrons. The van der Waals surface area contributed by atoms with Crippen molar-refractivity contribution in [3.8, 4) is 0 Å². The Bertz CT molecular complexity index is 104. The third kappa shape index (κ3) is 112. The summed E-state index contributed by atoms with van der Waals surface area (Å²) in [5.74, 6) is 1.02. The van der Waals surface area contributed by atoms with Gasteiger partial charge in [0, 0.05) is 6.92 Å². The van der Waals surface area contributed by atoms with E-state index in [1.165, 1.54) is 0 Å². The Morgan fingerprint density at radius 3 is 2.11 bits per heavy atom. The average Bonchev–Trinajstić information content (AvgIpc) is 1.66. The van der Waals surface area contributed by atoms with E-state index in [1.54, 1.807) is 6.08 Å². The van der Waals surface area contributed by atoms with Crippen molar-refractivity contribution in [2.75, 3.05) is 0 Å². The zero-order chi connectivity index (χ0) is 7.70. The van der Waals surface area contributed by atoms with Crippen LogP contribution in [-0.4, -0.2) is 11.1 Å². The molecule has 1 N–H and O–H groups in total. The first-order chi connectivity index (χ1) is 4.15. The van der Waals surface area contributed by atoms with Crippen LogP contribution in [0.3, 0.4) is 0 Å². The van der Waals surface area contributed by atoms with Crippen LogP contribution in [-0.2, 0) is 4.79 Å². The van der Waals surface area contributed by atoms with Crippen LogP contribution < -0.4 is 0 Å². The van der Waals surface area contributed by atoms with Crippen LogP contribution in [0.15, 0.2) is 24.5 Å². The Kier molecular flexibility index (Phi) is 12.9. The lowest BCUT2D eigenvalue weighted by molar-refractivity contribution is -0.134. The van der Waals surface area contributed by atoms with E-state index in [1.807, 2.05) is 11.9 Å². The van der Waals surface area contributed by atoms with Gasteiger partial charge in [-0.2, -0.15) is 0 Å². The summed E-state index contributed by atoms with van der Waals surface area (Å²) in [5.41, 5.74) is 0. The molecule has 0 radical (unpaired) electrons. The number of carboxylic acid groups (broad SMARTS) is 1. The van der Waals surface area contributed by atoms with Crippen LogP contribution in [0.2, 0.25) is 0 Å². The van der Waals surface area contributed by atoms with Gasteiger partial charge < -0.3 is 5.11 Å². The van der Waals surface area contributed by atoms with E-state index in [2.05, 4.69) is 15.8 Å². The zero-order valence-electron chi connectivity index (χ0n) is 5.37. The molecule has 0 aromatic rings. The van der Waals surface area contributed by atoms with Gasteiger partial charge in [-0.3, -0.25) is 4.79 Å². The molecule has 0 fully saturated rings. The molecule has 0 rings (SSSR count). The number of carbonyl (C=O) groups is 1. The summed E-state index contributed by atoms with van der Waals surface area (Å²) in [4.78, 5) is 9.00. The van der Waals surface area contributed by atoms with E-state index in [4.69, 9.17) is 9.90 Å². The highest BCUT2D eigenvalue weighted by atomic mass is 31.0. The lowest BCUT2D eigenvalue weighted by Gasteiger charge is -1.59. The third-order valence-corrected chi connectivity index (χ3v) is 0.469. The second-order valence-corrected chi connectivity index (χ2v) is 1.52. The molecule has 0 bridgehead atoms. The Balaban J connectivity index is 0. The van der Waals surface area contributed by atoms with E-state index in [0.717, 1.165) is 6.92 Å². The number of carboxylic acids is 1. The molecule has 0 aliphatic heterocycles. The minimum absolute atomic E-state index is 0.833. The Morgan fingerprint density at radius 2 is 2.11 bits per heavy atom. The first kappa shape index (κ1) is 11.2. The van der Waals surface area contributed by atoms with Gasteiger partial charge in [-0.25, -0.2) is 0 Å². The number of hydrogen-bond donors (Lipinski definition) is 1. The average molecular weight is 146 g/mol. The quantitative estimate of drug-likeness (QED) is 0.451. The molecule has 9 heavy (non-hydrogen) atoms. The van der Waals surface area contributed by atoms with Gasteiger partial charge in [0.15, 0.2) is 0 Å². The summed E-state index contributed by atoms with van der Waals surface area (Å²) >= 11 is 0. The van der Waals surface area contributed by atoms with Gasteiger partial charge in [0.1, 0.15) is 0 Å². The number of hydrogen-bond acceptors (Lipinski definition) is 1. The molecular weight excluding hydrogens is 135 g/mol. The highest BCUT2D eigenvalue weighted by Crippen LogP contribution is 1.79. The van der Waals surface area contributed by atoms with Gasteiger partial charge in [-0.05, 0) is 0 Å². The molecule has 0 aliphatic rings. The van der Waals surface area contributed by atoms with Gasteiger partial charge >= 0.3 is 0 Å². The van der Waals surface area contributed by atoms with Crippen LogP contribution in [0.4, 0.5) is 0 Å². The topological polar surface area (TPSA) is 37.3 Å². The van der Waals surface area contributed by atoms with Crippen LogP contribution in [0.25, 0.3) is 0 Å². The summed E-state index contributed by atoms with van der Waals surface area (Å²) in [5, 5.41) is 7.42. The van der Waals surface area contributed by atoms with Crippen molar-refractivity contribution in [1.82, 2.24) is 0 Å². The summed E-state index contributed by atoms with van der Waals surface area (Å²) in [6.07, 6.45) is 3.58. The molecule has 0 aromatic carbocycles. The normalized spacial score (nSPS) is 7.78. The Morgan fingerprint density at radius 1 is 1.78 bits per heavy atom. The largest absolute Gasteiger partial charge is 0.481 e. The van der Waals surface area contributed by atoms with E-state index in [-0.39, 0.29) is 0 Å². The Labute approximate surface area is 57.5 Å². The van der Waals surface area contributed by atoms with Crippen molar-refractivity contribution in [2.45, 2.75) is 6.92 Å². The van der Waals surface area contributed by atoms with E-state index >= 15 is 0 Å². The molecule has 0 amide bonds. The predicted molar refractivity (Wildman–Crippen MR) is 42.4 cm³/mol. The predicted octanol–water partition coefficient (Wildman–Crippen LogP) is 1.65. The zero-order valence-corrected chi connectivity index (χ0v) is 6.53. The molecule has 0 heterocycles. The van der Waals surface area contributed by atoms with E-state index in [9.17, 15) is 0 Å². The van der Waals surface area contributed by atoms with Crippen molar-refractivity contribution in [1.29, 1.82) is 0 Å². The lowest BCUT2D eigenvalue weighted by atomic mass is 10.6. The fraction of sp³-hybridized carbons (Fsp3) is 0.167. The fourth-order valence-corrected chi connectivity index (χ4v) is 0.236. The van der Waals surface area contributed by atoms with Crippen LogP contribution in [0.5, 0.6) is 0 Å². The molecule has 0 aromatic heterocycles. The molecule has 3 heteroatoms. The summed E-state index contributed by atoms with van der Waals surface area (Å²) < 4.78 is 0. The van der Waals surface area contributed by atoms with Crippen molar-refractivity contribution < 1.29 is 9.90 Å². The first-order valence-corrected chi connectivity index (χ1v) is 3.00. The van der Waals surface area contributed by atoms with Crippen molar-refractivity contribution in [3.05, 3.63) is 24.5 Å². The lowest BCUT2D eigenvalue weighted by Crippen LogP contribution is -1.78. The van der Waals surface area contributed by atoms with Gasteiger partial charge in [0.2, 0.25) is 0 Å². The summed E-state index contributed by atoms with van der Waals surface area (Å²) in [7, 11) is 2.45. The number of aliphatic carboxylic acids is 1. The molecule has 0 saturated carbocycles. The fourth-order valence-electron chi connectivity index (χ4n) is 0.0786. The Hall–Kier alpha value is -0.620. The van der Waals surface area contributed by atoms with E-state index in [0.29, 0.717) is 0 Å². The molecule has 2 nitrogen and oxygen atoms in total. The van der Waals surface area contributed by atoms with Crippen molar-refractivity contribution in [3.63, 3.8) is 0 Å². The van der Waals surface area contributed by atoms with Gasteiger partial charge in [0.25, 0.3) is 5.97 Å². The summed E-state index contributed by atoms with van der Waals surface area (Å²) in [6, 6.07) is 0. The second kappa shape index (κ2) is 10.4. The minimum atomic E-state index is -0.833. The molecule has 1 unspecified atom stereocenters. The third-order valence-electron chi connectivity index (χ3n) is 0.247. The maximum Gasteiger partial charge on any atom is 0.300 e. The van der Waals surface area contributed by atoms with E-state index < -0.39 is 5.97 Å².